The first kappa shape index (κ1) is 25.0. The van der Waals surface area contributed by atoms with E-state index >= 15 is 0 Å². The van der Waals surface area contributed by atoms with Crippen LogP contribution in [0, 0.1) is 11.2 Å². The number of nitrogens with zero attached hydrogens (tertiary/aromatic N) is 4. The van der Waals surface area contributed by atoms with Gasteiger partial charge >= 0.3 is 0 Å². The van der Waals surface area contributed by atoms with Crippen molar-refractivity contribution in [1.82, 2.24) is 19.5 Å². The SMILES string of the molecule is C[C@]1(C(N)=O)CC[C@H](n2c(Nc3c(F)cc(Cl)cc3Cl)nc3cnc(N[C@H]4CC[C@H](O)C4)nc32)CC1. The van der Waals surface area contributed by atoms with Gasteiger partial charge in [-0.3, -0.25) is 9.36 Å². The summed E-state index contributed by atoms with van der Waals surface area (Å²) in [6.07, 6.45) is 6.04. The standard InChI is InChI=1S/C24H28Cl2FN7O2/c1-24(21(28)36)6-4-14(5-7-24)34-20-18(11-29-22(33-20)30-13-2-3-15(35)10-13)31-23(34)32-19-16(26)8-12(25)9-17(19)27/h8-9,11,13-15,35H,2-7,10H2,1H3,(H2,28,36)(H,31,32)(H,29,30,33)/t13-,14-,15-,24-/m0/s1. The summed E-state index contributed by atoms with van der Waals surface area (Å²) < 4.78 is 16.7. The first-order valence-electron chi connectivity index (χ1n) is 12.0. The van der Waals surface area contributed by atoms with E-state index in [1.54, 1.807) is 6.20 Å². The number of aliphatic hydroxyl groups excluding tert-OH is 1. The molecule has 5 N–H and O–H groups in total. The number of amides is 1. The molecule has 3 aromatic rings. The second-order valence-electron chi connectivity index (χ2n) is 10.0. The second kappa shape index (κ2) is 9.64. The van der Waals surface area contributed by atoms with Crippen molar-refractivity contribution in [3.8, 4) is 0 Å². The van der Waals surface area contributed by atoms with Gasteiger partial charge < -0.3 is 21.5 Å². The molecule has 2 atom stereocenters. The number of hydrogen-bond acceptors (Lipinski definition) is 7. The van der Waals surface area contributed by atoms with E-state index < -0.39 is 11.2 Å². The van der Waals surface area contributed by atoms with Crippen LogP contribution in [0.15, 0.2) is 18.3 Å². The molecular formula is C24H28Cl2FN7O2. The minimum atomic E-state index is -0.607. The van der Waals surface area contributed by atoms with Crippen LogP contribution in [0.3, 0.4) is 0 Å². The van der Waals surface area contributed by atoms with E-state index in [0.717, 1.165) is 12.8 Å². The molecule has 2 aromatic heterocycles. The summed E-state index contributed by atoms with van der Waals surface area (Å²) in [6, 6.07) is 2.66. The summed E-state index contributed by atoms with van der Waals surface area (Å²) in [5.41, 5.74) is 6.25. The van der Waals surface area contributed by atoms with Crippen LogP contribution in [0.25, 0.3) is 11.2 Å². The average molecular weight is 536 g/mol. The monoisotopic (exact) mass is 535 g/mol. The lowest BCUT2D eigenvalue weighted by Crippen LogP contribution is -2.38. The van der Waals surface area contributed by atoms with E-state index in [1.165, 1.54) is 12.1 Å². The molecule has 2 aliphatic rings. The van der Waals surface area contributed by atoms with Gasteiger partial charge in [0.2, 0.25) is 17.8 Å². The number of carbonyl (C=O) groups is 1. The molecule has 0 radical (unpaired) electrons. The predicted molar refractivity (Wildman–Crippen MR) is 137 cm³/mol. The summed E-state index contributed by atoms with van der Waals surface area (Å²) in [5.74, 6) is -0.118. The van der Waals surface area contributed by atoms with E-state index in [2.05, 4.69) is 20.6 Å². The number of aromatic nitrogens is 4. The molecule has 36 heavy (non-hydrogen) atoms. The molecule has 0 spiro atoms. The number of nitrogens with one attached hydrogen (secondary N) is 2. The normalized spacial score (nSPS) is 26.3. The van der Waals surface area contributed by atoms with Gasteiger partial charge in [-0.05, 0) is 57.1 Å². The fourth-order valence-electron chi connectivity index (χ4n) is 5.18. The summed E-state index contributed by atoms with van der Waals surface area (Å²) in [4.78, 5) is 25.8. The summed E-state index contributed by atoms with van der Waals surface area (Å²) in [7, 11) is 0. The van der Waals surface area contributed by atoms with Gasteiger partial charge in [0.05, 0.1) is 23.0 Å². The number of aliphatic hydroxyl groups is 1. The van der Waals surface area contributed by atoms with Crippen LogP contribution in [0.1, 0.15) is 57.9 Å². The lowest BCUT2D eigenvalue weighted by atomic mass is 9.73. The number of fused-ring (bicyclic) bond motifs is 1. The number of benzene rings is 1. The summed E-state index contributed by atoms with van der Waals surface area (Å²) in [5, 5.41) is 16.5. The molecule has 1 aromatic carbocycles. The highest BCUT2D eigenvalue weighted by molar-refractivity contribution is 6.36. The first-order chi connectivity index (χ1) is 17.1. The number of hydrogen-bond donors (Lipinski definition) is 4. The van der Waals surface area contributed by atoms with Crippen molar-refractivity contribution < 1.29 is 14.3 Å². The Labute approximate surface area is 217 Å². The van der Waals surface area contributed by atoms with E-state index in [0.29, 0.717) is 55.2 Å². The van der Waals surface area contributed by atoms with Crippen molar-refractivity contribution in [3.63, 3.8) is 0 Å². The number of carbonyl (C=O) groups excluding carboxylic acids is 1. The second-order valence-corrected chi connectivity index (χ2v) is 10.9. The molecule has 2 saturated carbocycles. The minimum absolute atomic E-state index is 0.0571. The number of primary amides is 1. The zero-order valence-corrected chi connectivity index (χ0v) is 21.3. The Kier molecular flexibility index (Phi) is 6.69. The third kappa shape index (κ3) is 4.81. The van der Waals surface area contributed by atoms with E-state index in [4.69, 9.17) is 33.9 Å². The smallest absolute Gasteiger partial charge is 0.224 e. The topological polar surface area (TPSA) is 131 Å². The molecule has 2 aliphatic carbocycles. The van der Waals surface area contributed by atoms with Crippen LogP contribution < -0.4 is 16.4 Å². The van der Waals surface area contributed by atoms with Crippen molar-refractivity contribution in [3.05, 3.63) is 34.2 Å². The van der Waals surface area contributed by atoms with Gasteiger partial charge in [-0.2, -0.15) is 4.98 Å². The minimum Gasteiger partial charge on any atom is -0.393 e. The zero-order valence-electron chi connectivity index (χ0n) is 19.8. The Balaban J connectivity index is 1.53. The van der Waals surface area contributed by atoms with Crippen molar-refractivity contribution in [2.75, 3.05) is 10.6 Å². The third-order valence-corrected chi connectivity index (χ3v) is 7.95. The van der Waals surface area contributed by atoms with Gasteiger partial charge in [-0.25, -0.2) is 14.4 Å². The average Bonchev–Trinajstić information content (AvgIpc) is 3.39. The molecule has 1 amide bonds. The molecule has 2 heterocycles. The first-order valence-corrected chi connectivity index (χ1v) is 12.8. The maximum absolute atomic E-state index is 14.8. The maximum Gasteiger partial charge on any atom is 0.224 e. The fourth-order valence-corrected chi connectivity index (χ4v) is 5.70. The van der Waals surface area contributed by atoms with Gasteiger partial charge in [0, 0.05) is 22.5 Å². The van der Waals surface area contributed by atoms with Crippen molar-refractivity contribution in [1.29, 1.82) is 0 Å². The molecule has 9 nitrogen and oxygen atoms in total. The largest absolute Gasteiger partial charge is 0.393 e. The van der Waals surface area contributed by atoms with Crippen LogP contribution in [0.2, 0.25) is 10.0 Å². The van der Waals surface area contributed by atoms with Crippen LogP contribution in [-0.2, 0) is 4.79 Å². The molecule has 0 unspecified atom stereocenters. The van der Waals surface area contributed by atoms with Gasteiger partial charge in [0.25, 0.3) is 0 Å². The third-order valence-electron chi connectivity index (χ3n) is 7.43. The molecule has 5 rings (SSSR count). The highest BCUT2D eigenvalue weighted by atomic mass is 35.5. The van der Waals surface area contributed by atoms with Crippen LogP contribution in [-0.4, -0.2) is 42.7 Å². The highest BCUT2D eigenvalue weighted by Crippen LogP contribution is 2.43. The predicted octanol–water partition coefficient (Wildman–Crippen LogP) is 4.95. The number of rotatable bonds is 6. The van der Waals surface area contributed by atoms with Crippen molar-refractivity contribution in [2.24, 2.45) is 11.1 Å². The van der Waals surface area contributed by atoms with Crippen LogP contribution in [0.4, 0.5) is 22.0 Å². The van der Waals surface area contributed by atoms with Gasteiger partial charge in [-0.1, -0.05) is 30.1 Å². The Morgan fingerprint density at radius 3 is 2.61 bits per heavy atom. The number of anilines is 3. The number of imidazole rings is 1. The highest BCUT2D eigenvalue weighted by Gasteiger charge is 2.38. The quantitative estimate of drug-likeness (QED) is 0.351. The van der Waals surface area contributed by atoms with Gasteiger partial charge in [0.15, 0.2) is 5.65 Å². The Morgan fingerprint density at radius 2 is 1.97 bits per heavy atom. The van der Waals surface area contributed by atoms with Crippen LogP contribution in [0.5, 0.6) is 0 Å². The summed E-state index contributed by atoms with van der Waals surface area (Å²) in [6.45, 7) is 1.89. The molecule has 12 heteroatoms. The summed E-state index contributed by atoms with van der Waals surface area (Å²) >= 11 is 12.2. The van der Waals surface area contributed by atoms with E-state index in [9.17, 15) is 14.3 Å². The van der Waals surface area contributed by atoms with Crippen molar-refractivity contribution in [2.45, 2.75) is 70.1 Å². The molecule has 0 aliphatic heterocycles. The van der Waals surface area contributed by atoms with E-state index in [1.807, 2.05) is 11.5 Å². The van der Waals surface area contributed by atoms with Crippen LogP contribution >= 0.6 is 23.2 Å². The molecule has 192 valence electrons. The Bertz CT molecular complexity index is 1290. The number of halogens is 3. The molecule has 2 fully saturated rings. The Hall–Kier alpha value is -2.69. The fraction of sp³-hybridized carbons (Fsp3) is 0.500. The van der Waals surface area contributed by atoms with E-state index in [-0.39, 0.29) is 39.8 Å². The number of nitrogens with two attached hydrogens (primary N) is 1. The lowest BCUT2D eigenvalue weighted by molar-refractivity contribution is -0.128. The van der Waals surface area contributed by atoms with Gasteiger partial charge in [0.1, 0.15) is 11.3 Å². The maximum atomic E-state index is 14.8. The Morgan fingerprint density at radius 1 is 1.22 bits per heavy atom. The molecular weight excluding hydrogens is 508 g/mol. The molecule has 0 saturated heterocycles. The molecule has 0 bridgehead atoms. The lowest BCUT2D eigenvalue weighted by Gasteiger charge is -2.35. The van der Waals surface area contributed by atoms with Gasteiger partial charge in [-0.15, -0.1) is 0 Å². The van der Waals surface area contributed by atoms with Crippen molar-refractivity contribution >= 4 is 57.9 Å². The zero-order chi connectivity index (χ0) is 25.6.